The van der Waals surface area contributed by atoms with Crippen LogP contribution in [-0.4, -0.2) is 14.0 Å². The van der Waals surface area contributed by atoms with Gasteiger partial charge in [-0.15, -0.1) is 0 Å². The number of halogens is 1. The summed E-state index contributed by atoms with van der Waals surface area (Å²) in [6.07, 6.45) is 0. The van der Waals surface area contributed by atoms with Crippen molar-refractivity contribution in [3.05, 3.63) is 0 Å². The normalized spacial score (nSPS) is 16.7. The highest BCUT2D eigenvalue weighted by Crippen LogP contribution is 2.05. The number of alkyl halides is 1. The molecular formula is C5H13BrSi. The first-order valence-corrected chi connectivity index (χ1v) is 5.32. The molecule has 0 N–H and O–H groups in total. The summed E-state index contributed by atoms with van der Waals surface area (Å²) in [4.78, 5) is 0. The van der Waals surface area contributed by atoms with Crippen LogP contribution >= 0.6 is 15.9 Å². The van der Waals surface area contributed by atoms with Crippen molar-refractivity contribution in [2.24, 2.45) is 0 Å². The zero-order valence-corrected chi connectivity index (χ0v) is 8.24. The van der Waals surface area contributed by atoms with Crippen molar-refractivity contribution in [1.29, 1.82) is 0 Å². The molecule has 0 saturated carbocycles. The number of rotatable bonds is 2. The highest BCUT2D eigenvalue weighted by atomic mass is 79.9. The van der Waals surface area contributed by atoms with Gasteiger partial charge in [-0.1, -0.05) is 42.2 Å². The monoisotopic (exact) mass is 180 g/mol. The van der Waals surface area contributed by atoms with Crippen LogP contribution in [0.5, 0.6) is 0 Å². The summed E-state index contributed by atoms with van der Waals surface area (Å²) in [6, 6.07) is 0. The highest BCUT2D eigenvalue weighted by molar-refractivity contribution is 9.10. The van der Waals surface area contributed by atoms with Gasteiger partial charge in [0, 0.05) is 9.52 Å². The maximum atomic E-state index is 3.54. The van der Waals surface area contributed by atoms with E-state index in [4.69, 9.17) is 0 Å². The molecule has 1 atom stereocenters. The molecule has 0 aliphatic heterocycles. The van der Waals surface area contributed by atoms with Crippen molar-refractivity contribution in [2.45, 2.75) is 30.8 Å². The van der Waals surface area contributed by atoms with Gasteiger partial charge in [-0.2, -0.15) is 0 Å². The van der Waals surface area contributed by atoms with E-state index in [1.165, 1.54) is 0 Å². The summed E-state index contributed by atoms with van der Waals surface area (Å²) < 4.78 is 0.826. The standard InChI is InChI=1S/C5H13BrSi/c1-4(2)7-5(3)6/h4-5H,7H2,1-3H3. The molecule has 0 aliphatic carbocycles. The Hall–Kier alpha value is 0.697. The lowest BCUT2D eigenvalue weighted by Gasteiger charge is -2.02. The Morgan fingerprint density at radius 2 is 1.71 bits per heavy atom. The second-order valence-electron chi connectivity index (χ2n) is 2.41. The van der Waals surface area contributed by atoms with Crippen LogP contribution in [0.4, 0.5) is 0 Å². The topological polar surface area (TPSA) is 0 Å². The highest BCUT2D eigenvalue weighted by Gasteiger charge is 1.98. The summed E-state index contributed by atoms with van der Waals surface area (Å²) in [7, 11) is 0.198. The third kappa shape index (κ3) is 6.70. The van der Waals surface area contributed by atoms with Crippen molar-refractivity contribution in [3.8, 4) is 0 Å². The van der Waals surface area contributed by atoms with Crippen molar-refractivity contribution in [3.63, 3.8) is 0 Å². The zero-order valence-electron chi connectivity index (χ0n) is 5.24. The number of hydrogen-bond acceptors (Lipinski definition) is 0. The van der Waals surface area contributed by atoms with Crippen LogP contribution in [0.3, 0.4) is 0 Å². The lowest BCUT2D eigenvalue weighted by Crippen LogP contribution is -2.06. The van der Waals surface area contributed by atoms with Crippen molar-refractivity contribution < 1.29 is 0 Å². The quantitative estimate of drug-likeness (QED) is 0.449. The molecule has 0 nitrogen and oxygen atoms in total. The van der Waals surface area contributed by atoms with E-state index in [1.54, 1.807) is 0 Å². The minimum absolute atomic E-state index is 0.198. The molecule has 0 radical (unpaired) electrons. The molecular weight excluding hydrogens is 168 g/mol. The summed E-state index contributed by atoms with van der Waals surface area (Å²) in [5, 5.41) is 0. The van der Waals surface area contributed by atoms with Crippen molar-refractivity contribution in [2.75, 3.05) is 0 Å². The van der Waals surface area contributed by atoms with E-state index < -0.39 is 0 Å². The lowest BCUT2D eigenvalue weighted by atomic mass is 10.6. The van der Waals surface area contributed by atoms with Gasteiger partial charge in [0.2, 0.25) is 0 Å². The molecule has 0 heterocycles. The maximum absolute atomic E-state index is 3.54. The molecule has 0 aromatic heterocycles. The fourth-order valence-electron chi connectivity index (χ4n) is 0.650. The molecule has 0 saturated heterocycles. The third-order valence-electron chi connectivity index (χ3n) is 0.796. The van der Waals surface area contributed by atoms with Crippen LogP contribution in [0.2, 0.25) is 5.54 Å². The number of hydrogen-bond donors (Lipinski definition) is 0. The Morgan fingerprint density at radius 3 is 1.71 bits per heavy atom. The van der Waals surface area contributed by atoms with Crippen LogP contribution in [0.1, 0.15) is 20.8 Å². The molecule has 0 bridgehead atoms. The third-order valence-corrected chi connectivity index (χ3v) is 3.51. The van der Waals surface area contributed by atoms with Gasteiger partial charge in [0.05, 0.1) is 0 Å². The van der Waals surface area contributed by atoms with Crippen LogP contribution in [0.15, 0.2) is 0 Å². The summed E-state index contributed by atoms with van der Waals surface area (Å²) >= 11 is 3.54. The predicted molar refractivity (Wildman–Crippen MR) is 42.0 cm³/mol. The zero-order chi connectivity index (χ0) is 5.86. The molecule has 44 valence electrons. The van der Waals surface area contributed by atoms with Gasteiger partial charge >= 0.3 is 0 Å². The fraction of sp³-hybridized carbons (Fsp3) is 1.00. The van der Waals surface area contributed by atoms with Crippen LogP contribution < -0.4 is 0 Å². The van der Waals surface area contributed by atoms with E-state index in [-0.39, 0.29) is 9.52 Å². The average molecular weight is 181 g/mol. The first kappa shape index (κ1) is 7.70. The Labute approximate surface area is 56.6 Å². The van der Waals surface area contributed by atoms with Gasteiger partial charge in [0.25, 0.3) is 0 Å². The largest absolute Gasteiger partial charge is 0.0935 e. The molecule has 0 rings (SSSR count). The maximum Gasteiger partial charge on any atom is 0.0387 e. The van der Waals surface area contributed by atoms with E-state index in [0.717, 1.165) is 9.99 Å². The minimum atomic E-state index is 0.198. The van der Waals surface area contributed by atoms with Gasteiger partial charge in [-0.3, -0.25) is 0 Å². The van der Waals surface area contributed by atoms with E-state index in [0.29, 0.717) is 0 Å². The Bertz CT molecular complexity index is 37.3. The van der Waals surface area contributed by atoms with Gasteiger partial charge in [0.1, 0.15) is 0 Å². The predicted octanol–water partition coefficient (Wildman–Crippen LogP) is 1.72. The first-order valence-electron chi connectivity index (χ1n) is 2.77. The lowest BCUT2D eigenvalue weighted by molar-refractivity contribution is 1.04. The SMILES string of the molecule is CC(C)[SiH2]C(C)Br. The molecule has 0 spiro atoms. The fourth-order valence-corrected chi connectivity index (χ4v) is 4.19. The first-order chi connectivity index (χ1) is 3.13. The smallest absolute Gasteiger partial charge is 0.0387 e. The molecule has 0 aromatic rings. The van der Waals surface area contributed by atoms with Crippen molar-refractivity contribution in [1.82, 2.24) is 0 Å². The van der Waals surface area contributed by atoms with Crippen molar-refractivity contribution >= 4 is 25.4 Å². The van der Waals surface area contributed by atoms with Gasteiger partial charge in [-0.05, 0) is 4.45 Å². The van der Waals surface area contributed by atoms with Crippen LogP contribution in [0, 0.1) is 0 Å². The summed E-state index contributed by atoms with van der Waals surface area (Å²) in [6.45, 7) is 6.83. The second-order valence-corrected chi connectivity index (χ2v) is 8.50. The van der Waals surface area contributed by atoms with Gasteiger partial charge in [0.15, 0.2) is 0 Å². The second kappa shape index (κ2) is 3.67. The van der Waals surface area contributed by atoms with Crippen LogP contribution in [0.25, 0.3) is 0 Å². The molecule has 1 unspecified atom stereocenters. The summed E-state index contributed by atoms with van der Waals surface area (Å²) in [5.41, 5.74) is 0.967. The minimum Gasteiger partial charge on any atom is -0.0935 e. The summed E-state index contributed by atoms with van der Waals surface area (Å²) in [5.74, 6) is 0. The average Bonchev–Trinajstić information content (AvgIpc) is 1.27. The molecule has 0 aromatic carbocycles. The van der Waals surface area contributed by atoms with E-state index in [1.807, 2.05) is 0 Å². The molecule has 0 aliphatic rings. The Morgan fingerprint density at radius 1 is 1.29 bits per heavy atom. The molecule has 7 heavy (non-hydrogen) atoms. The Kier molecular flexibility index (Phi) is 4.03. The van der Waals surface area contributed by atoms with Gasteiger partial charge < -0.3 is 0 Å². The van der Waals surface area contributed by atoms with E-state index in [2.05, 4.69) is 36.7 Å². The molecule has 0 fully saturated rings. The molecule has 2 heteroatoms. The molecule has 0 amide bonds. The van der Waals surface area contributed by atoms with E-state index >= 15 is 0 Å². The van der Waals surface area contributed by atoms with Gasteiger partial charge in [-0.25, -0.2) is 0 Å². The Balaban J connectivity index is 2.95. The van der Waals surface area contributed by atoms with E-state index in [9.17, 15) is 0 Å². The van der Waals surface area contributed by atoms with Crippen LogP contribution in [-0.2, 0) is 0 Å².